The Balaban J connectivity index is 2.28. The van der Waals surface area contributed by atoms with Crippen LogP contribution in [-0.2, 0) is 6.54 Å². The van der Waals surface area contributed by atoms with Crippen molar-refractivity contribution in [2.45, 2.75) is 6.54 Å². The van der Waals surface area contributed by atoms with E-state index < -0.39 is 10.8 Å². The molecule has 0 saturated carbocycles. The van der Waals surface area contributed by atoms with Gasteiger partial charge in [0.05, 0.1) is 12.2 Å². The number of rotatable bonds is 3. The molecule has 0 spiro atoms. The van der Waals surface area contributed by atoms with Crippen LogP contribution in [0.15, 0.2) is 24.4 Å². The first-order chi connectivity index (χ1) is 8.61. The summed E-state index contributed by atoms with van der Waals surface area (Å²) in [5, 5.41) is 19.3. The lowest BCUT2D eigenvalue weighted by Crippen LogP contribution is -2.23. The zero-order valence-electron chi connectivity index (χ0n) is 9.57. The number of carbonyl (C=O) groups is 1. The third-order valence-electron chi connectivity index (χ3n) is 2.78. The maximum absolute atomic E-state index is 11.3. The summed E-state index contributed by atoms with van der Waals surface area (Å²) in [5.41, 5.74) is 1.86. The fourth-order valence-corrected chi connectivity index (χ4v) is 1.88. The van der Waals surface area contributed by atoms with Crippen molar-refractivity contribution in [3.8, 4) is 0 Å². The van der Waals surface area contributed by atoms with Crippen molar-refractivity contribution in [3.63, 3.8) is 0 Å². The van der Waals surface area contributed by atoms with Gasteiger partial charge in [-0.1, -0.05) is 6.07 Å². The molecule has 0 bridgehead atoms. The highest BCUT2D eigenvalue weighted by molar-refractivity contribution is 5.88. The minimum atomic E-state index is -1.10. The highest BCUT2D eigenvalue weighted by atomic mass is 16.6. The van der Waals surface area contributed by atoms with Crippen LogP contribution in [0.25, 0.3) is 6.08 Å². The number of aliphatic hydroxyl groups excluding tert-OH is 1. The molecule has 1 aliphatic heterocycles. The van der Waals surface area contributed by atoms with E-state index in [1.807, 2.05) is 17.2 Å². The maximum atomic E-state index is 11.3. The summed E-state index contributed by atoms with van der Waals surface area (Å²) in [6, 6.07) is 4.68. The van der Waals surface area contributed by atoms with Crippen LogP contribution in [0.1, 0.15) is 21.5 Å². The third-order valence-corrected chi connectivity index (χ3v) is 2.78. The van der Waals surface area contributed by atoms with Gasteiger partial charge in [0.15, 0.2) is 0 Å². The Labute approximate surface area is 103 Å². The Kier molecular flexibility index (Phi) is 3.38. The van der Waals surface area contributed by atoms with E-state index in [9.17, 15) is 14.9 Å². The summed E-state index contributed by atoms with van der Waals surface area (Å²) >= 11 is 0. The Morgan fingerprint density at radius 1 is 1.50 bits per heavy atom. The summed E-state index contributed by atoms with van der Waals surface area (Å²) in [7, 11) is 0. The smallest absolute Gasteiger partial charge is 0.395 e. The van der Waals surface area contributed by atoms with Gasteiger partial charge in [-0.15, -0.1) is 0 Å². The minimum absolute atomic E-state index is 0.0349. The summed E-state index contributed by atoms with van der Waals surface area (Å²) in [6.45, 7) is 1.06. The van der Waals surface area contributed by atoms with Gasteiger partial charge in [0.2, 0.25) is 0 Å². The molecule has 0 unspecified atom stereocenters. The fraction of sp³-hybridized carbons (Fsp3) is 0.250. The van der Waals surface area contributed by atoms with Crippen molar-refractivity contribution >= 4 is 12.0 Å². The first kappa shape index (κ1) is 12.3. The summed E-state index contributed by atoms with van der Waals surface area (Å²) < 4.78 is 0. The molecule has 2 rings (SSSR count). The van der Waals surface area contributed by atoms with Crippen LogP contribution >= 0.6 is 0 Å². The monoisotopic (exact) mass is 248 g/mol. The normalized spacial score (nSPS) is 13.3. The Hall–Kier alpha value is -2.21. The molecule has 6 nitrogen and oxygen atoms in total. The van der Waals surface area contributed by atoms with E-state index in [4.69, 9.17) is 5.11 Å². The molecule has 0 atom stereocenters. The Morgan fingerprint density at radius 2 is 2.28 bits per heavy atom. The molecule has 1 amide bonds. The molecule has 6 heteroatoms. The van der Waals surface area contributed by atoms with Crippen LogP contribution in [0.5, 0.6) is 0 Å². The highest BCUT2D eigenvalue weighted by Crippen LogP contribution is 2.21. The molecule has 1 aliphatic rings. The number of benzene rings is 1. The van der Waals surface area contributed by atoms with E-state index in [1.165, 1.54) is 12.1 Å². The van der Waals surface area contributed by atoms with Gasteiger partial charge in [-0.3, -0.25) is 10.1 Å². The summed E-state index contributed by atoms with van der Waals surface area (Å²) in [6.07, 6.45) is 3.71. The number of hydrogen-bond donors (Lipinski definition) is 1. The maximum Gasteiger partial charge on any atom is 0.476 e. The molecule has 0 aromatic heterocycles. The van der Waals surface area contributed by atoms with Crippen LogP contribution in [-0.4, -0.2) is 34.0 Å². The summed E-state index contributed by atoms with van der Waals surface area (Å²) in [4.78, 5) is 22.7. The first-order valence-electron chi connectivity index (χ1n) is 5.46. The molecule has 0 fully saturated rings. The van der Waals surface area contributed by atoms with E-state index in [-0.39, 0.29) is 12.2 Å². The number of hydrogen-bond acceptors (Lipinski definition) is 5. The SMILES string of the molecule is O=C(c1ccc2c(c1)CN(CCO)C=C2)[N+](=O)[O-]. The number of amides is 1. The standard InChI is InChI=1S/C12H12N2O4/c15-6-5-13-4-3-9-1-2-10(7-11(9)8-13)12(16)14(17)18/h1-4,7,15H,5-6,8H2. The third kappa shape index (κ3) is 2.38. The van der Waals surface area contributed by atoms with Gasteiger partial charge >= 0.3 is 5.91 Å². The average molecular weight is 248 g/mol. The lowest BCUT2D eigenvalue weighted by atomic mass is 10.0. The molecule has 1 aromatic carbocycles. The van der Waals surface area contributed by atoms with Crippen LogP contribution in [0.2, 0.25) is 0 Å². The van der Waals surface area contributed by atoms with E-state index in [0.29, 0.717) is 13.1 Å². The fourth-order valence-electron chi connectivity index (χ4n) is 1.88. The van der Waals surface area contributed by atoms with Crippen LogP contribution in [0.4, 0.5) is 0 Å². The second-order valence-corrected chi connectivity index (χ2v) is 3.99. The van der Waals surface area contributed by atoms with E-state index in [1.54, 1.807) is 6.07 Å². The van der Waals surface area contributed by atoms with E-state index in [2.05, 4.69) is 0 Å². The van der Waals surface area contributed by atoms with Gasteiger partial charge < -0.3 is 10.0 Å². The van der Waals surface area contributed by atoms with Crippen molar-refractivity contribution in [2.24, 2.45) is 0 Å². The van der Waals surface area contributed by atoms with Crippen molar-refractivity contribution in [2.75, 3.05) is 13.2 Å². The Bertz CT molecular complexity index is 525. The molecule has 0 radical (unpaired) electrons. The largest absolute Gasteiger partial charge is 0.476 e. The lowest BCUT2D eigenvalue weighted by Gasteiger charge is -2.24. The number of aliphatic hydroxyl groups is 1. The van der Waals surface area contributed by atoms with Gasteiger partial charge in [0, 0.05) is 19.3 Å². The van der Waals surface area contributed by atoms with Crippen molar-refractivity contribution in [1.29, 1.82) is 0 Å². The van der Waals surface area contributed by atoms with E-state index in [0.717, 1.165) is 11.1 Å². The zero-order valence-corrected chi connectivity index (χ0v) is 9.57. The number of carbonyl (C=O) groups excluding carboxylic acids is 1. The van der Waals surface area contributed by atoms with Crippen molar-refractivity contribution < 1.29 is 14.8 Å². The zero-order chi connectivity index (χ0) is 13.1. The van der Waals surface area contributed by atoms with Gasteiger partial charge in [-0.05, 0) is 29.3 Å². The number of nitro groups is 1. The molecular formula is C12H12N2O4. The second kappa shape index (κ2) is 4.97. The molecule has 94 valence electrons. The van der Waals surface area contributed by atoms with Crippen LogP contribution in [0, 0.1) is 10.1 Å². The van der Waals surface area contributed by atoms with Crippen LogP contribution < -0.4 is 0 Å². The molecule has 0 aliphatic carbocycles. The molecule has 1 heterocycles. The predicted molar refractivity (Wildman–Crippen MR) is 64.3 cm³/mol. The second-order valence-electron chi connectivity index (χ2n) is 3.99. The van der Waals surface area contributed by atoms with Crippen LogP contribution in [0.3, 0.4) is 0 Å². The van der Waals surface area contributed by atoms with E-state index >= 15 is 0 Å². The quantitative estimate of drug-likeness (QED) is 0.634. The van der Waals surface area contributed by atoms with Crippen molar-refractivity contribution in [3.05, 3.63) is 51.2 Å². The molecule has 1 N–H and O–H groups in total. The molecule has 1 aromatic rings. The molecular weight excluding hydrogens is 236 g/mol. The van der Waals surface area contributed by atoms with Gasteiger partial charge in [-0.25, -0.2) is 4.79 Å². The summed E-state index contributed by atoms with van der Waals surface area (Å²) in [5.74, 6) is -1.10. The van der Waals surface area contributed by atoms with Crippen molar-refractivity contribution in [1.82, 2.24) is 4.90 Å². The highest BCUT2D eigenvalue weighted by Gasteiger charge is 2.20. The van der Waals surface area contributed by atoms with Gasteiger partial charge in [0.25, 0.3) is 0 Å². The lowest BCUT2D eigenvalue weighted by molar-refractivity contribution is -0.375. The molecule has 0 saturated heterocycles. The minimum Gasteiger partial charge on any atom is -0.395 e. The molecule has 18 heavy (non-hydrogen) atoms. The number of β-amino-alcohol motifs (C(OH)–C–C–N with tert-alkyl or cyclic N) is 1. The average Bonchev–Trinajstić information content (AvgIpc) is 2.37. The van der Waals surface area contributed by atoms with Gasteiger partial charge in [0.1, 0.15) is 4.92 Å². The Morgan fingerprint density at radius 3 is 2.94 bits per heavy atom. The number of nitrogens with zero attached hydrogens (tertiary/aromatic N) is 2. The van der Waals surface area contributed by atoms with Gasteiger partial charge in [-0.2, -0.15) is 0 Å². The first-order valence-corrected chi connectivity index (χ1v) is 5.46. The predicted octanol–water partition coefficient (Wildman–Crippen LogP) is 0.882. The number of fused-ring (bicyclic) bond motifs is 1. The topological polar surface area (TPSA) is 83.7 Å².